The lowest BCUT2D eigenvalue weighted by atomic mass is 10.2. The van der Waals surface area contributed by atoms with E-state index < -0.39 is 0 Å². The summed E-state index contributed by atoms with van der Waals surface area (Å²) in [6.07, 6.45) is 2.57. The van der Waals surface area contributed by atoms with Crippen LogP contribution < -0.4 is 11.3 Å². The molecule has 84 valence electrons. The molecule has 0 aliphatic heterocycles. The molecule has 0 fully saturated rings. The van der Waals surface area contributed by atoms with Crippen LogP contribution in [0.4, 0.5) is 0 Å². The van der Waals surface area contributed by atoms with Gasteiger partial charge < -0.3 is 0 Å². The van der Waals surface area contributed by atoms with Gasteiger partial charge in [-0.05, 0) is 24.5 Å². The molecule has 0 aromatic heterocycles. The number of rotatable bonds is 7. The van der Waals surface area contributed by atoms with Crippen molar-refractivity contribution in [1.82, 2.24) is 5.43 Å². The lowest BCUT2D eigenvalue weighted by Crippen LogP contribution is -2.29. The van der Waals surface area contributed by atoms with E-state index in [-0.39, 0.29) is 5.91 Å². The first kappa shape index (κ1) is 13.8. The number of hydrazine groups is 1. The summed E-state index contributed by atoms with van der Waals surface area (Å²) < 4.78 is 0. The Morgan fingerprint density at radius 2 is 2.00 bits per heavy atom. The highest BCUT2D eigenvalue weighted by Gasteiger charge is 2.06. The number of thioether (sulfide) groups is 1. The average Bonchev–Trinajstić information content (AvgIpc) is 2.16. The van der Waals surface area contributed by atoms with Crippen LogP contribution in [0.5, 0.6) is 0 Å². The first-order valence-electron chi connectivity index (χ1n) is 5.19. The second-order valence-corrected chi connectivity index (χ2v) is 5.33. The number of nitrogens with one attached hydrogen (secondary N) is 1. The van der Waals surface area contributed by atoms with Gasteiger partial charge in [0.25, 0.3) is 0 Å². The van der Waals surface area contributed by atoms with Gasteiger partial charge >= 0.3 is 0 Å². The molecule has 0 aliphatic carbocycles. The largest absolute Gasteiger partial charge is 0.294 e. The standard InChI is InChI=1S/C10H22N2OS/c1-8(2)9(3)14-7-5-4-6-10(13)12-11/h8-9H,4-7,11H2,1-3H3,(H,12,13). The van der Waals surface area contributed by atoms with Crippen LogP contribution in [0.25, 0.3) is 0 Å². The third kappa shape index (κ3) is 7.21. The zero-order valence-electron chi connectivity index (χ0n) is 9.38. The van der Waals surface area contributed by atoms with Gasteiger partial charge in [0.1, 0.15) is 0 Å². The van der Waals surface area contributed by atoms with E-state index in [9.17, 15) is 4.79 Å². The Labute approximate surface area is 91.2 Å². The maximum absolute atomic E-state index is 10.8. The van der Waals surface area contributed by atoms with Gasteiger partial charge in [-0.1, -0.05) is 20.8 Å². The van der Waals surface area contributed by atoms with Crippen LogP contribution in [0.2, 0.25) is 0 Å². The van der Waals surface area contributed by atoms with E-state index in [0.717, 1.165) is 24.5 Å². The van der Waals surface area contributed by atoms with E-state index in [2.05, 4.69) is 26.2 Å². The Balaban J connectivity index is 3.25. The maximum Gasteiger partial charge on any atom is 0.233 e. The summed E-state index contributed by atoms with van der Waals surface area (Å²) in [6, 6.07) is 0. The van der Waals surface area contributed by atoms with Gasteiger partial charge in [0, 0.05) is 11.7 Å². The molecule has 1 amide bonds. The lowest BCUT2D eigenvalue weighted by molar-refractivity contribution is -0.121. The van der Waals surface area contributed by atoms with Crippen molar-refractivity contribution in [3.63, 3.8) is 0 Å². The van der Waals surface area contributed by atoms with Gasteiger partial charge in [-0.15, -0.1) is 0 Å². The summed E-state index contributed by atoms with van der Waals surface area (Å²) in [4.78, 5) is 10.8. The molecule has 3 N–H and O–H groups in total. The fraction of sp³-hybridized carbons (Fsp3) is 0.900. The van der Waals surface area contributed by atoms with E-state index in [0.29, 0.717) is 11.7 Å². The van der Waals surface area contributed by atoms with Crippen LogP contribution in [0.1, 0.15) is 40.0 Å². The Hall–Kier alpha value is -0.220. The molecule has 0 saturated heterocycles. The summed E-state index contributed by atoms with van der Waals surface area (Å²) >= 11 is 1.98. The number of hydrogen-bond donors (Lipinski definition) is 2. The SMILES string of the molecule is CC(C)C(C)SCCCCC(=O)NN. The van der Waals surface area contributed by atoms with E-state index in [1.54, 1.807) is 0 Å². The normalized spacial score (nSPS) is 12.9. The summed E-state index contributed by atoms with van der Waals surface area (Å²) in [5, 5.41) is 0.707. The fourth-order valence-corrected chi connectivity index (χ4v) is 2.05. The van der Waals surface area contributed by atoms with E-state index in [1.807, 2.05) is 11.8 Å². The lowest BCUT2D eigenvalue weighted by Gasteiger charge is -2.14. The number of carbonyl (C=O) groups excluding carboxylic acids is 1. The van der Waals surface area contributed by atoms with Gasteiger partial charge in [0.15, 0.2) is 0 Å². The third-order valence-electron chi connectivity index (χ3n) is 2.28. The minimum Gasteiger partial charge on any atom is -0.294 e. The number of nitrogens with two attached hydrogens (primary N) is 1. The quantitative estimate of drug-likeness (QED) is 0.297. The van der Waals surface area contributed by atoms with Crippen molar-refractivity contribution in [1.29, 1.82) is 0 Å². The first-order valence-corrected chi connectivity index (χ1v) is 6.23. The van der Waals surface area contributed by atoms with Gasteiger partial charge in [-0.2, -0.15) is 11.8 Å². The minimum absolute atomic E-state index is 0.0630. The van der Waals surface area contributed by atoms with Crippen molar-refractivity contribution >= 4 is 17.7 Å². The molecule has 0 rings (SSSR count). The Morgan fingerprint density at radius 1 is 1.36 bits per heavy atom. The second kappa shape index (κ2) is 8.12. The molecule has 0 spiro atoms. The third-order valence-corrected chi connectivity index (χ3v) is 3.87. The monoisotopic (exact) mass is 218 g/mol. The van der Waals surface area contributed by atoms with Crippen LogP contribution in [0.15, 0.2) is 0 Å². The predicted molar refractivity (Wildman–Crippen MR) is 62.9 cm³/mol. The first-order chi connectivity index (χ1) is 6.57. The molecule has 0 radical (unpaired) electrons. The van der Waals surface area contributed by atoms with E-state index in [4.69, 9.17) is 5.84 Å². The maximum atomic E-state index is 10.8. The highest BCUT2D eigenvalue weighted by atomic mass is 32.2. The molecule has 4 heteroatoms. The number of amides is 1. The van der Waals surface area contributed by atoms with Crippen LogP contribution >= 0.6 is 11.8 Å². The smallest absolute Gasteiger partial charge is 0.233 e. The Kier molecular flexibility index (Phi) is 7.99. The molecule has 14 heavy (non-hydrogen) atoms. The van der Waals surface area contributed by atoms with E-state index in [1.165, 1.54) is 0 Å². The second-order valence-electron chi connectivity index (χ2n) is 3.84. The summed E-state index contributed by atoms with van der Waals surface area (Å²) in [5.74, 6) is 6.77. The van der Waals surface area contributed by atoms with Crippen molar-refractivity contribution in [3.05, 3.63) is 0 Å². The predicted octanol–water partition coefficient (Wildman–Crippen LogP) is 1.92. The van der Waals surface area contributed by atoms with Crippen LogP contribution in [0.3, 0.4) is 0 Å². The van der Waals surface area contributed by atoms with Crippen LogP contribution in [-0.4, -0.2) is 16.9 Å². The molecule has 0 saturated carbocycles. The zero-order chi connectivity index (χ0) is 11.0. The molecular weight excluding hydrogens is 196 g/mol. The molecule has 1 atom stereocenters. The fourth-order valence-electron chi connectivity index (χ4n) is 0.921. The Bertz CT molecular complexity index is 162. The van der Waals surface area contributed by atoms with Crippen molar-refractivity contribution in [3.8, 4) is 0 Å². The molecule has 0 heterocycles. The topological polar surface area (TPSA) is 55.1 Å². The Morgan fingerprint density at radius 3 is 2.50 bits per heavy atom. The van der Waals surface area contributed by atoms with E-state index >= 15 is 0 Å². The molecule has 1 unspecified atom stereocenters. The van der Waals surface area contributed by atoms with Crippen LogP contribution in [0, 0.1) is 5.92 Å². The van der Waals surface area contributed by atoms with Gasteiger partial charge in [0.05, 0.1) is 0 Å². The highest BCUT2D eigenvalue weighted by molar-refractivity contribution is 7.99. The highest BCUT2D eigenvalue weighted by Crippen LogP contribution is 2.19. The molecule has 0 aliphatic rings. The van der Waals surface area contributed by atoms with Gasteiger partial charge in [-0.25, -0.2) is 5.84 Å². The summed E-state index contributed by atoms with van der Waals surface area (Å²) in [6.45, 7) is 6.72. The molecule has 3 nitrogen and oxygen atoms in total. The van der Waals surface area contributed by atoms with Crippen molar-refractivity contribution in [2.45, 2.75) is 45.3 Å². The number of carbonyl (C=O) groups is 1. The van der Waals surface area contributed by atoms with Crippen molar-refractivity contribution in [2.75, 3.05) is 5.75 Å². The molecule has 0 aromatic rings. The summed E-state index contributed by atoms with van der Waals surface area (Å²) in [7, 11) is 0. The van der Waals surface area contributed by atoms with Crippen molar-refractivity contribution < 1.29 is 4.79 Å². The molecule has 0 aromatic carbocycles. The van der Waals surface area contributed by atoms with Crippen molar-refractivity contribution in [2.24, 2.45) is 11.8 Å². The zero-order valence-corrected chi connectivity index (χ0v) is 10.2. The number of hydrogen-bond acceptors (Lipinski definition) is 3. The average molecular weight is 218 g/mol. The number of unbranched alkanes of at least 4 members (excludes halogenated alkanes) is 1. The van der Waals surface area contributed by atoms with Gasteiger partial charge in [-0.3, -0.25) is 10.2 Å². The molecule has 0 bridgehead atoms. The minimum atomic E-state index is -0.0630. The molecular formula is C10H22N2OS. The van der Waals surface area contributed by atoms with Gasteiger partial charge in [0.2, 0.25) is 5.91 Å². The van der Waals surface area contributed by atoms with Crippen LogP contribution in [-0.2, 0) is 4.79 Å². The summed E-state index contributed by atoms with van der Waals surface area (Å²) in [5.41, 5.74) is 2.14.